The van der Waals surface area contributed by atoms with Crippen molar-refractivity contribution in [2.75, 3.05) is 0 Å². The van der Waals surface area contributed by atoms with Gasteiger partial charge < -0.3 is 5.32 Å². The lowest BCUT2D eigenvalue weighted by Crippen LogP contribution is -2.27. The molecule has 0 heterocycles. The van der Waals surface area contributed by atoms with Crippen molar-refractivity contribution >= 4 is 0 Å². The summed E-state index contributed by atoms with van der Waals surface area (Å²) in [5.74, 6) is 0. The molecule has 0 saturated carbocycles. The molecule has 116 valence electrons. The summed E-state index contributed by atoms with van der Waals surface area (Å²) in [5.41, 5.74) is 5.24. The second-order valence-electron chi connectivity index (χ2n) is 6.03. The predicted octanol–water partition coefficient (Wildman–Crippen LogP) is 5.07. The van der Waals surface area contributed by atoms with E-state index in [4.69, 9.17) is 0 Å². The van der Waals surface area contributed by atoms with Crippen molar-refractivity contribution in [2.45, 2.75) is 25.9 Å². The van der Waals surface area contributed by atoms with Crippen molar-refractivity contribution in [1.82, 2.24) is 5.32 Å². The van der Waals surface area contributed by atoms with Gasteiger partial charge in [0.1, 0.15) is 0 Å². The number of nitrogens with one attached hydrogen (secondary N) is 1. The summed E-state index contributed by atoms with van der Waals surface area (Å²) >= 11 is 0. The van der Waals surface area contributed by atoms with E-state index in [1.807, 2.05) is 0 Å². The molecule has 1 N–H and O–H groups in total. The standard InChI is InChI=1S/C22H23N/c1-18(16-19-8-4-2-5-9-19)23-17-20-12-14-22(15-13-20)21-10-6-3-7-11-21/h2-15,18,23H,16-17H2,1H3. The Morgan fingerprint density at radius 2 is 1.22 bits per heavy atom. The fraction of sp³-hybridized carbons (Fsp3) is 0.182. The molecule has 0 radical (unpaired) electrons. The monoisotopic (exact) mass is 301 g/mol. The molecule has 1 heteroatoms. The topological polar surface area (TPSA) is 12.0 Å². The lowest BCUT2D eigenvalue weighted by molar-refractivity contribution is 0.545. The lowest BCUT2D eigenvalue weighted by atomic mass is 10.0. The zero-order valence-electron chi connectivity index (χ0n) is 13.6. The Hall–Kier alpha value is -2.38. The largest absolute Gasteiger partial charge is 0.310 e. The van der Waals surface area contributed by atoms with E-state index in [-0.39, 0.29) is 0 Å². The highest BCUT2D eigenvalue weighted by atomic mass is 14.9. The van der Waals surface area contributed by atoms with Gasteiger partial charge in [-0.25, -0.2) is 0 Å². The quantitative estimate of drug-likeness (QED) is 0.670. The van der Waals surface area contributed by atoms with Gasteiger partial charge in [0.05, 0.1) is 0 Å². The van der Waals surface area contributed by atoms with Crippen molar-refractivity contribution < 1.29 is 0 Å². The predicted molar refractivity (Wildman–Crippen MR) is 98.3 cm³/mol. The maximum Gasteiger partial charge on any atom is 0.0208 e. The Kier molecular flexibility index (Phi) is 5.23. The second kappa shape index (κ2) is 7.75. The first kappa shape index (κ1) is 15.5. The van der Waals surface area contributed by atoms with Gasteiger partial charge in [0.25, 0.3) is 0 Å². The molecule has 0 bridgehead atoms. The number of rotatable bonds is 6. The Morgan fingerprint density at radius 3 is 1.87 bits per heavy atom. The van der Waals surface area contributed by atoms with E-state index in [0.717, 1.165) is 13.0 Å². The average molecular weight is 301 g/mol. The van der Waals surface area contributed by atoms with Crippen LogP contribution in [0, 0.1) is 0 Å². The van der Waals surface area contributed by atoms with Crippen LogP contribution in [-0.4, -0.2) is 6.04 Å². The minimum absolute atomic E-state index is 0.464. The zero-order chi connectivity index (χ0) is 15.9. The van der Waals surface area contributed by atoms with E-state index < -0.39 is 0 Å². The highest BCUT2D eigenvalue weighted by Crippen LogP contribution is 2.19. The summed E-state index contributed by atoms with van der Waals surface area (Å²) < 4.78 is 0. The summed E-state index contributed by atoms with van der Waals surface area (Å²) in [7, 11) is 0. The van der Waals surface area contributed by atoms with Crippen LogP contribution >= 0.6 is 0 Å². The van der Waals surface area contributed by atoms with Crippen LogP contribution in [0.2, 0.25) is 0 Å². The van der Waals surface area contributed by atoms with Gasteiger partial charge in [0.15, 0.2) is 0 Å². The number of hydrogen-bond acceptors (Lipinski definition) is 1. The third kappa shape index (κ3) is 4.54. The van der Waals surface area contributed by atoms with E-state index in [1.54, 1.807) is 0 Å². The van der Waals surface area contributed by atoms with E-state index in [9.17, 15) is 0 Å². The fourth-order valence-corrected chi connectivity index (χ4v) is 2.78. The normalized spacial score (nSPS) is 12.0. The Bertz CT molecular complexity index is 702. The summed E-state index contributed by atoms with van der Waals surface area (Å²) in [6.07, 6.45) is 1.06. The van der Waals surface area contributed by atoms with Crippen molar-refractivity contribution in [3.63, 3.8) is 0 Å². The van der Waals surface area contributed by atoms with Crippen LogP contribution in [0.1, 0.15) is 18.1 Å². The molecule has 3 rings (SSSR count). The first-order valence-electron chi connectivity index (χ1n) is 8.23. The summed E-state index contributed by atoms with van der Waals surface area (Å²) in [4.78, 5) is 0. The van der Waals surface area contributed by atoms with Gasteiger partial charge in [-0.1, -0.05) is 84.9 Å². The van der Waals surface area contributed by atoms with Crippen LogP contribution in [0.25, 0.3) is 11.1 Å². The van der Waals surface area contributed by atoms with Gasteiger partial charge in [0.2, 0.25) is 0 Å². The van der Waals surface area contributed by atoms with Crippen molar-refractivity contribution in [3.05, 3.63) is 96.1 Å². The number of benzene rings is 3. The Labute approximate surface area is 139 Å². The first-order chi connectivity index (χ1) is 11.3. The molecule has 1 nitrogen and oxygen atoms in total. The molecule has 1 unspecified atom stereocenters. The summed E-state index contributed by atoms with van der Waals surface area (Å²) in [6, 6.07) is 30.4. The maximum atomic E-state index is 3.61. The van der Waals surface area contributed by atoms with Gasteiger partial charge in [-0.3, -0.25) is 0 Å². The minimum Gasteiger partial charge on any atom is -0.310 e. The SMILES string of the molecule is CC(Cc1ccccc1)NCc1ccc(-c2ccccc2)cc1. The summed E-state index contributed by atoms with van der Waals surface area (Å²) in [5, 5.41) is 3.61. The van der Waals surface area contributed by atoms with Crippen molar-refractivity contribution in [3.8, 4) is 11.1 Å². The molecule has 0 saturated heterocycles. The van der Waals surface area contributed by atoms with E-state index in [1.165, 1.54) is 22.3 Å². The summed E-state index contributed by atoms with van der Waals surface area (Å²) in [6.45, 7) is 3.15. The first-order valence-corrected chi connectivity index (χ1v) is 8.23. The van der Waals surface area contributed by atoms with Crippen LogP contribution < -0.4 is 5.32 Å². The second-order valence-corrected chi connectivity index (χ2v) is 6.03. The fourth-order valence-electron chi connectivity index (χ4n) is 2.78. The zero-order valence-corrected chi connectivity index (χ0v) is 13.6. The molecule has 0 aliphatic heterocycles. The maximum absolute atomic E-state index is 3.61. The third-order valence-corrected chi connectivity index (χ3v) is 4.10. The van der Waals surface area contributed by atoms with Crippen LogP contribution in [0.15, 0.2) is 84.9 Å². The van der Waals surface area contributed by atoms with Crippen LogP contribution in [0.4, 0.5) is 0 Å². The van der Waals surface area contributed by atoms with E-state index in [0.29, 0.717) is 6.04 Å². The van der Waals surface area contributed by atoms with Crippen LogP contribution in [-0.2, 0) is 13.0 Å². The highest BCUT2D eigenvalue weighted by Gasteiger charge is 2.03. The average Bonchev–Trinajstić information content (AvgIpc) is 2.62. The van der Waals surface area contributed by atoms with E-state index in [2.05, 4.69) is 97.2 Å². The molecule has 3 aromatic rings. The molecular formula is C22H23N. The van der Waals surface area contributed by atoms with Gasteiger partial charge in [-0.15, -0.1) is 0 Å². The van der Waals surface area contributed by atoms with Crippen LogP contribution in [0.3, 0.4) is 0 Å². The molecule has 0 aliphatic rings. The highest BCUT2D eigenvalue weighted by molar-refractivity contribution is 5.63. The number of hydrogen-bond donors (Lipinski definition) is 1. The van der Waals surface area contributed by atoms with Gasteiger partial charge in [-0.05, 0) is 35.6 Å². The molecule has 0 amide bonds. The molecule has 0 aromatic heterocycles. The molecule has 23 heavy (non-hydrogen) atoms. The Morgan fingerprint density at radius 1 is 0.652 bits per heavy atom. The van der Waals surface area contributed by atoms with E-state index >= 15 is 0 Å². The third-order valence-electron chi connectivity index (χ3n) is 4.10. The molecule has 3 aromatic carbocycles. The molecule has 0 spiro atoms. The molecule has 0 fully saturated rings. The smallest absolute Gasteiger partial charge is 0.0208 e. The van der Waals surface area contributed by atoms with Gasteiger partial charge >= 0.3 is 0 Å². The molecule has 0 aliphatic carbocycles. The Balaban J connectivity index is 1.54. The van der Waals surface area contributed by atoms with Crippen LogP contribution in [0.5, 0.6) is 0 Å². The van der Waals surface area contributed by atoms with Crippen molar-refractivity contribution in [2.24, 2.45) is 0 Å². The van der Waals surface area contributed by atoms with Gasteiger partial charge in [-0.2, -0.15) is 0 Å². The van der Waals surface area contributed by atoms with Gasteiger partial charge in [0, 0.05) is 12.6 Å². The lowest BCUT2D eigenvalue weighted by Gasteiger charge is -2.14. The molecule has 1 atom stereocenters. The van der Waals surface area contributed by atoms with Crippen molar-refractivity contribution in [1.29, 1.82) is 0 Å². The molecular weight excluding hydrogens is 278 g/mol. The minimum atomic E-state index is 0.464.